The zero-order valence-electron chi connectivity index (χ0n) is 17.3. The minimum absolute atomic E-state index is 0.102. The second-order valence-electron chi connectivity index (χ2n) is 6.87. The Morgan fingerprint density at radius 1 is 1.10 bits per heavy atom. The van der Waals surface area contributed by atoms with Gasteiger partial charge in [0, 0.05) is 42.2 Å². The lowest BCUT2D eigenvalue weighted by Crippen LogP contribution is -2.23. The van der Waals surface area contributed by atoms with Crippen LogP contribution in [0.2, 0.25) is 0 Å². The Morgan fingerprint density at radius 3 is 2.60 bits per heavy atom. The maximum absolute atomic E-state index is 12.5. The highest BCUT2D eigenvalue weighted by molar-refractivity contribution is 7.99. The van der Waals surface area contributed by atoms with Gasteiger partial charge in [0.2, 0.25) is 0 Å². The SMILES string of the molecule is COCCSc1ccc(C(C)Nc2ccnc(C(=O)NCc3ccccc3)c2)cc1. The molecule has 2 aromatic carbocycles. The fraction of sp³-hybridized carbons (Fsp3) is 0.250. The zero-order valence-corrected chi connectivity index (χ0v) is 18.1. The molecule has 30 heavy (non-hydrogen) atoms. The van der Waals surface area contributed by atoms with E-state index < -0.39 is 0 Å². The van der Waals surface area contributed by atoms with Gasteiger partial charge in [0.25, 0.3) is 5.91 Å². The molecule has 0 fully saturated rings. The number of rotatable bonds is 10. The van der Waals surface area contributed by atoms with Gasteiger partial charge in [0.05, 0.1) is 6.61 Å². The van der Waals surface area contributed by atoms with Crippen molar-refractivity contribution in [2.24, 2.45) is 0 Å². The summed E-state index contributed by atoms with van der Waals surface area (Å²) in [6, 6.07) is 22.1. The maximum atomic E-state index is 12.5. The van der Waals surface area contributed by atoms with Crippen molar-refractivity contribution in [1.82, 2.24) is 10.3 Å². The van der Waals surface area contributed by atoms with Gasteiger partial charge in [-0.2, -0.15) is 0 Å². The standard InChI is InChI=1S/C24H27N3O2S/c1-18(20-8-10-22(11-9-20)30-15-14-29-2)27-21-12-13-25-23(16-21)24(28)26-17-19-6-4-3-5-7-19/h3-13,16,18H,14-15,17H2,1-2H3,(H,25,27)(H,26,28). The number of pyridine rings is 1. The molecule has 3 rings (SSSR count). The lowest BCUT2D eigenvalue weighted by atomic mass is 10.1. The monoisotopic (exact) mass is 421 g/mol. The summed E-state index contributed by atoms with van der Waals surface area (Å²) in [7, 11) is 1.72. The highest BCUT2D eigenvalue weighted by Gasteiger charge is 2.10. The summed E-state index contributed by atoms with van der Waals surface area (Å²) in [5, 5.41) is 6.37. The Labute approximate surface area is 182 Å². The van der Waals surface area contributed by atoms with Gasteiger partial charge in [-0.15, -0.1) is 11.8 Å². The molecule has 1 amide bonds. The van der Waals surface area contributed by atoms with Crippen molar-refractivity contribution in [3.05, 3.63) is 89.7 Å². The number of amides is 1. The smallest absolute Gasteiger partial charge is 0.270 e. The summed E-state index contributed by atoms with van der Waals surface area (Å²) < 4.78 is 5.09. The number of anilines is 1. The van der Waals surface area contributed by atoms with Crippen molar-refractivity contribution in [1.29, 1.82) is 0 Å². The molecule has 5 nitrogen and oxygen atoms in total. The van der Waals surface area contributed by atoms with Gasteiger partial charge in [-0.05, 0) is 42.3 Å². The van der Waals surface area contributed by atoms with Gasteiger partial charge in [-0.1, -0.05) is 42.5 Å². The van der Waals surface area contributed by atoms with Crippen molar-refractivity contribution in [3.63, 3.8) is 0 Å². The van der Waals surface area contributed by atoms with Crippen LogP contribution in [0, 0.1) is 0 Å². The number of methoxy groups -OCH3 is 1. The molecule has 0 bridgehead atoms. The molecule has 0 aliphatic carbocycles. The first-order valence-electron chi connectivity index (χ1n) is 9.92. The van der Waals surface area contributed by atoms with E-state index in [1.165, 1.54) is 10.5 Å². The van der Waals surface area contributed by atoms with Gasteiger partial charge in [0.15, 0.2) is 0 Å². The zero-order chi connectivity index (χ0) is 21.2. The number of thioether (sulfide) groups is 1. The van der Waals surface area contributed by atoms with Crippen molar-refractivity contribution >= 4 is 23.4 Å². The Morgan fingerprint density at radius 2 is 1.87 bits per heavy atom. The van der Waals surface area contributed by atoms with E-state index in [0.29, 0.717) is 12.2 Å². The van der Waals surface area contributed by atoms with Crippen LogP contribution in [-0.4, -0.2) is 30.4 Å². The van der Waals surface area contributed by atoms with Crippen LogP contribution in [0.5, 0.6) is 0 Å². The number of carbonyl (C=O) groups excluding carboxylic acids is 1. The normalized spacial score (nSPS) is 11.7. The van der Waals surface area contributed by atoms with E-state index in [4.69, 9.17) is 4.74 Å². The topological polar surface area (TPSA) is 63.2 Å². The van der Waals surface area contributed by atoms with Crippen LogP contribution in [-0.2, 0) is 11.3 Å². The molecule has 1 heterocycles. The molecule has 6 heteroatoms. The first-order valence-corrected chi connectivity index (χ1v) is 10.9. The average molecular weight is 422 g/mol. The lowest BCUT2D eigenvalue weighted by Gasteiger charge is -2.16. The van der Waals surface area contributed by atoms with Crippen LogP contribution in [0.4, 0.5) is 5.69 Å². The van der Waals surface area contributed by atoms with Crippen molar-refractivity contribution < 1.29 is 9.53 Å². The first kappa shape index (κ1) is 21.9. The number of hydrogen-bond donors (Lipinski definition) is 2. The molecule has 0 aliphatic heterocycles. The van der Waals surface area contributed by atoms with Crippen LogP contribution in [0.3, 0.4) is 0 Å². The van der Waals surface area contributed by atoms with Gasteiger partial charge >= 0.3 is 0 Å². The van der Waals surface area contributed by atoms with Gasteiger partial charge in [-0.25, -0.2) is 0 Å². The largest absolute Gasteiger partial charge is 0.384 e. The summed E-state index contributed by atoms with van der Waals surface area (Å²) in [5.74, 6) is 0.753. The van der Waals surface area contributed by atoms with Crippen LogP contribution in [0.25, 0.3) is 0 Å². The van der Waals surface area contributed by atoms with E-state index in [-0.39, 0.29) is 11.9 Å². The molecule has 0 radical (unpaired) electrons. The number of benzene rings is 2. The highest BCUT2D eigenvalue weighted by atomic mass is 32.2. The number of ether oxygens (including phenoxy) is 1. The average Bonchev–Trinajstić information content (AvgIpc) is 2.79. The van der Waals surface area contributed by atoms with E-state index in [1.807, 2.05) is 36.4 Å². The highest BCUT2D eigenvalue weighted by Crippen LogP contribution is 2.23. The number of hydrogen-bond acceptors (Lipinski definition) is 5. The predicted octanol–water partition coefficient (Wildman–Crippen LogP) is 4.92. The summed E-state index contributed by atoms with van der Waals surface area (Å²) in [5.41, 5.74) is 3.49. The molecule has 156 valence electrons. The van der Waals surface area contributed by atoms with Crippen molar-refractivity contribution in [3.8, 4) is 0 Å². The molecule has 1 aromatic heterocycles. The van der Waals surface area contributed by atoms with E-state index in [1.54, 1.807) is 31.1 Å². The summed E-state index contributed by atoms with van der Waals surface area (Å²) >= 11 is 1.78. The number of carbonyl (C=O) groups is 1. The number of aromatic nitrogens is 1. The molecule has 0 aliphatic rings. The number of nitrogens with one attached hydrogen (secondary N) is 2. The quantitative estimate of drug-likeness (QED) is 0.359. The van der Waals surface area contributed by atoms with Crippen molar-refractivity contribution in [2.75, 3.05) is 24.8 Å². The molecule has 0 spiro atoms. The van der Waals surface area contributed by atoms with E-state index in [0.717, 1.165) is 23.6 Å². The number of nitrogens with zero attached hydrogens (tertiary/aromatic N) is 1. The third kappa shape index (κ3) is 6.61. The molecule has 3 aromatic rings. The Balaban J connectivity index is 1.56. The van der Waals surface area contributed by atoms with Crippen LogP contribution < -0.4 is 10.6 Å². The molecule has 2 N–H and O–H groups in total. The van der Waals surface area contributed by atoms with Crippen LogP contribution in [0.1, 0.15) is 34.6 Å². The Kier molecular flexibility index (Phi) is 8.30. The maximum Gasteiger partial charge on any atom is 0.270 e. The molecule has 0 saturated carbocycles. The summed E-state index contributed by atoms with van der Waals surface area (Å²) in [6.45, 7) is 3.32. The first-order chi connectivity index (χ1) is 14.7. The van der Waals surface area contributed by atoms with Gasteiger partial charge < -0.3 is 15.4 Å². The molecular weight excluding hydrogens is 394 g/mol. The van der Waals surface area contributed by atoms with Gasteiger partial charge in [-0.3, -0.25) is 9.78 Å². The molecule has 1 atom stereocenters. The third-order valence-corrected chi connectivity index (χ3v) is 5.58. The van der Waals surface area contributed by atoms with E-state index in [9.17, 15) is 4.79 Å². The summed E-state index contributed by atoms with van der Waals surface area (Å²) in [4.78, 5) is 17.9. The Hall–Kier alpha value is -2.83. The van der Waals surface area contributed by atoms with Crippen LogP contribution >= 0.6 is 11.8 Å². The fourth-order valence-electron chi connectivity index (χ4n) is 2.94. The summed E-state index contributed by atoms with van der Waals surface area (Å²) in [6.07, 6.45) is 1.65. The fourth-order valence-corrected chi connectivity index (χ4v) is 3.76. The minimum atomic E-state index is -0.187. The third-order valence-electron chi connectivity index (χ3n) is 4.61. The predicted molar refractivity (Wildman–Crippen MR) is 123 cm³/mol. The molecule has 1 unspecified atom stereocenters. The Bertz CT molecular complexity index is 933. The van der Waals surface area contributed by atoms with E-state index >= 15 is 0 Å². The van der Waals surface area contributed by atoms with Crippen molar-refractivity contribution in [2.45, 2.75) is 24.4 Å². The second kappa shape index (κ2) is 11.4. The lowest BCUT2D eigenvalue weighted by molar-refractivity contribution is 0.0946. The van der Waals surface area contributed by atoms with E-state index in [2.05, 4.69) is 46.8 Å². The van der Waals surface area contributed by atoms with Crippen LogP contribution in [0.15, 0.2) is 77.8 Å². The van der Waals surface area contributed by atoms with Gasteiger partial charge in [0.1, 0.15) is 5.69 Å². The molecule has 0 saturated heterocycles. The molecular formula is C24H27N3O2S. The minimum Gasteiger partial charge on any atom is -0.384 e. The second-order valence-corrected chi connectivity index (χ2v) is 8.04.